The van der Waals surface area contributed by atoms with Gasteiger partial charge in [-0.2, -0.15) is 0 Å². The highest BCUT2D eigenvalue weighted by Crippen LogP contribution is 2.68. The van der Waals surface area contributed by atoms with Crippen molar-refractivity contribution in [3.63, 3.8) is 0 Å². The van der Waals surface area contributed by atoms with Gasteiger partial charge in [-0.25, -0.2) is 10.8 Å². The van der Waals surface area contributed by atoms with E-state index >= 15 is 0 Å². The lowest BCUT2D eigenvalue weighted by atomic mass is 9.44. The van der Waals surface area contributed by atoms with Crippen molar-refractivity contribution in [2.24, 2.45) is 52.2 Å². The third-order valence-electron chi connectivity index (χ3n) is 10.9. The second-order valence-corrected chi connectivity index (χ2v) is 13.0. The number of pyridine rings is 1. The summed E-state index contributed by atoms with van der Waals surface area (Å²) in [5.74, 6) is 10.7. The summed E-state index contributed by atoms with van der Waals surface area (Å²) < 4.78 is 5.93. The highest BCUT2D eigenvalue weighted by atomic mass is 35.5. The molecule has 216 valence electrons. The molecule has 4 aliphatic rings. The zero-order valence-electron chi connectivity index (χ0n) is 23.6. The summed E-state index contributed by atoms with van der Waals surface area (Å²) in [5, 5.41) is 1.86. The lowest BCUT2D eigenvalue weighted by Gasteiger charge is -2.62. The van der Waals surface area contributed by atoms with E-state index in [1.165, 1.54) is 49.7 Å². The molecule has 0 saturated heterocycles. The summed E-state index contributed by atoms with van der Waals surface area (Å²) in [4.78, 5) is 17.9. The van der Waals surface area contributed by atoms with E-state index in [1.807, 2.05) is 21.0 Å². The Morgan fingerprint density at radius 1 is 1.16 bits per heavy atom. The zero-order valence-corrected chi connectivity index (χ0v) is 24.4. The van der Waals surface area contributed by atoms with Crippen LogP contribution in [0.5, 0.6) is 0 Å². The number of carbonyl (C=O) groups is 1. The van der Waals surface area contributed by atoms with E-state index in [0.717, 1.165) is 43.6 Å². The maximum Gasteiger partial charge on any atom is 0.166 e. The van der Waals surface area contributed by atoms with Crippen LogP contribution in [0.25, 0.3) is 0 Å². The van der Waals surface area contributed by atoms with Gasteiger partial charge in [0.05, 0.1) is 23.9 Å². The number of hydrogen-bond donors (Lipinski definition) is 2. The number of Topliss-reactive ketones (excluding diaryl/α,β-unsaturated/α-hetero) is 1. The Hall–Kier alpha value is -1.37. The largest absolute Gasteiger partial charge is 0.396 e. The Morgan fingerprint density at radius 3 is 2.58 bits per heavy atom. The van der Waals surface area contributed by atoms with Crippen LogP contribution in [0.15, 0.2) is 12.3 Å². The van der Waals surface area contributed by atoms with Crippen LogP contribution in [0, 0.1) is 46.3 Å². The molecule has 0 amide bonds. The number of anilines is 2. The Morgan fingerprint density at radius 2 is 1.89 bits per heavy atom. The molecule has 6 nitrogen and oxygen atoms in total. The number of methoxy groups -OCH3 is 1. The maximum atomic E-state index is 13.6. The molecule has 0 aliphatic heterocycles. The average molecular weight is 549 g/mol. The first-order chi connectivity index (χ1) is 17.7. The zero-order chi connectivity index (χ0) is 27.0. The van der Waals surface area contributed by atoms with E-state index in [0.29, 0.717) is 33.8 Å². The standard InChI is InChI=1S/C28H43ClN4O2.C2H6.CH4/c1-17-8-11-28(16-35-3)18(12-17)4-5-20-21-6-7-23(27(21,2)10-9-22(20)28)25(34)15-33(31)26-24(30)13-19(29)14-32-26;1-2;/h13-14,17-18,20-23H,4-12,15-16,30-31H2,1-3H3;1-2H3;1H4. The topological polar surface area (TPSA) is 94.5 Å². The molecule has 38 heavy (non-hydrogen) atoms. The first-order valence-corrected chi connectivity index (χ1v) is 15.0. The second-order valence-electron chi connectivity index (χ2n) is 12.5. The molecule has 0 spiro atoms. The number of carbonyl (C=O) groups excluding carboxylic acids is 1. The minimum Gasteiger partial charge on any atom is -0.396 e. The van der Waals surface area contributed by atoms with Gasteiger partial charge in [0.2, 0.25) is 0 Å². The van der Waals surface area contributed by atoms with Crippen LogP contribution >= 0.6 is 11.6 Å². The molecule has 8 unspecified atom stereocenters. The Kier molecular flexibility index (Phi) is 10.2. The van der Waals surface area contributed by atoms with Crippen molar-refractivity contribution in [2.45, 2.75) is 92.9 Å². The number of hydrazine groups is 1. The van der Waals surface area contributed by atoms with Crippen molar-refractivity contribution in [2.75, 3.05) is 31.0 Å². The van der Waals surface area contributed by atoms with Crippen LogP contribution in [-0.4, -0.2) is 31.0 Å². The minimum atomic E-state index is 0. The van der Waals surface area contributed by atoms with Crippen molar-refractivity contribution >= 4 is 28.9 Å². The SMILES string of the molecule is C.CC.COCC12CCC(C)CC1CCC1C3CCC(C(=O)CN(N)c4ncc(Cl)cc4N)C3(C)CCC12. The van der Waals surface area contributed by atoms with Gasteiger partial charge < -0.3 is 10.5 Å². The van der Waals surface area contributed by atoms with Crippen LogP contribution in [0.2, 0.25) is 5.02 Å². The van der Waals surface area contributed by atoms with Gasteiger partial charge in [0, 0.05) is 19.2 Å². The molecule has 4 aliphatic carbocycles. The van der Waals surface area contributed by atoms with Crippen LogP contribution in [0.4, 0.5) is 11.5 Å². The van der Waals surface area contributed by atoms with Gasteiger partial charge >= 0.3 is 0 Å². The molecule has 1 aromatic heterocycles. The number of nitrogen functional groups attached to an aromatic ring is 1. The fourth-order valence-corrected chi connectivity index (χ4v) is 9.55. The van der Waals surface area contributed by atoms with Gasteiger partial charge in [0.25, 0.3) is 0 Å². The smallest absolute Gasteiger partial charge is 0.166 e. The summed E-state index contributed by atoms with van der Waals surface area (Å²) in [6.07, 6.45) is 12.7. The van der Waals surface area contributed by atoms with Crippen molar-refractivity contribution in [3.8, 4) is 0 Å². The average Bonchev–Trinajstić information content (AvgIpc) is 3.23. The molecular formula is C31H53ClN4O2. The number of nitrogens with two attached hydrogens (primary N) is 2. The summed E-state index contributed by atoms with van der Waals surface area (Å²) in [6.45, 7) is 9.88. The molecule has 4 N–H and O–H groups in total. The molecule has 0 radical (unpaired) electrons. The molecule has 0 bridgehead atoms. The van der Waals surface area contributed by atoms with Crippen LogP contribution in [0.3, 0.4) is 0 Å². The number of aromatic nitrogens is 1. The number of hydrogen-bond acceptors (Lipinski definition) is 6. The normalized spacial score (nSPS) is 37.4. The Balaban J connectivity index is 0.00000130. The van der Waals surface area contributed by atoms with Crippen molar-refractivity contribution in [1.82, 2.24) is 4.98 Å². The van der Waals surface area contributed by atoms with Gasteiger partial charge in [-0.1, -0.05) is 53.1 Å². The lowest BCUT2D eigenvalue weighted by Crippen LogP contribution is -2.56. The molecule has 5 rings (SSSR count). The van der Waals surface area contributed by atoms with E-state index in [9.17, 15) is 4.79 Å². The van der Waals surface area contributed by atoms with E-state index in [4.69, 9.17) is 27.9 Å². The molecule has 4 saturated carbocycles. The second kappa shape index (κ2) is 12.4. The lowest BCUT2D eigenvalue weighted by molar-refractivity contribution is -0.154. The monoisotopic (exact) mass is 548 g/mol. The molecule has 8 atom stereocenters. The highest BCUT2D eigenvalue weighted by molar-refractivity contribution is 6.30. The number of rotatable bonds is 6. The molecule has 4 fully saturated rings. The summed E-state index contributed by atoms with van der Waals surface area (Å²) in [6, 6.07) is 1.63. The Bertz CT molecular complexity index is 960. The summed E-state index contributed by atoms with van der Waals surface area (Å²) in [7, 11) is 1.89. The molecule has 1 aromatic rings. The van der Waals surface area contributed by atoms with Crippen LogP contribution in [0.1, 0.15) is 92.9 Å². The van der Waals surface area contributed by atoms with Crippen LogP contribution in [-0.2, 0) is 9.53 Å². The predicted molar refractivity (Wildman–Crippen MR) is 159 cm³/mol. The fourth-order valence-electron chi connectivity index (χ4n) is 9.38. The summed E-state index contributed by atoms with van der Waals surface area (Å²) >= 11 is 5.98. The number of fused-ring (bicyclic) bond motifs is 5. The van der Waals surface area contributed by atoms with Crippen molar-refractivity contribution < 1.29 is 9.53 Å². The van der Waals surface area contributed by atoms with Crippen LogP contribution < -0.4 is 16.6 Å². The minimum absolute atomic E-state index is 0. The van der Waals surface area contributed by atoms with Gasteiger partial charge in [-0.3, -0.25) is 9.80 Å². The number of ketones is 1. The molecule has 7 heteroatoms. The first-order valence-electron chi connectivity index (χ1n) is 14.6. The molecule has 1 heterocycles. The van der Waals surface area contributed by atoms with Gasteiger partial charge in [0.1, 0.15) is 0 Å². The van der Waals surface area contributed by atoms with E-state index in [-0.39, 0.29) is 31.1 Å². The van der Waals surface area contributed by atoms with Crippen molar-refractivity contribution in [1.29, 1.82) is 0 Å². The predicted octanol–water partition coefficient (Wildman–Crippen LogP) is 7.15. The number of ether oxygens (including phenoxy) is 1. The number of halogens is 1. The fraction of sp³-hybridized carbons (Fsp3) is 0.806. The van der Waals surface area contributed by atoms with Gasteiger partial charge in [-0.15, -0.1) is 0 Å². The van der Waals surface area contributed by atoms with Crippen molar-refractivity contribution in [3.05, 3.63) is 17.3 Å². The maximum absolute atomic E-state index is 13.6. The van der Waals surface area contributed by atoms with Gasteiger partial charge in [0.15, 0.2) is 11.6 Å². The van der Waals surface area contributed by atoms with E-state index < -0.39 is 0 Å². The highest BCUT2D eigenvalue weighted by Gasteiger charge is 2.62. The number of nitrogens with zero attached hydrogens (tertiary/aromatic N) is 2. The third-order valence-corrected chi connectivity index (χ3v) is 11.1. The Labute approximate surface area is 236 Å². The quantitative estimate of drug-likeness (QED) is 0.289. The summed E-state index contributed by atoms with van der Waals surface area (Å²) in [5.41, 5.74) is 6.86. The van der Waals surface area contributed by atoms with E-state index in [1.54, 1.807) is 6.07 Å². The third kappa shape index (κ3) is 5.34. The van der Waals surface area contributed by atoms with Gasteiger partial charge in [-0.05, 0) is 97.9 Å². The first kappa shape index (κ1) is 31.2. The molecular weight excluding hydrogens is 496 g/mol. The molecule has 0 aromatic carbocycles. The van der Waals surface area contributed by atoms with E-state index in [2.05, 4.69) is 18.8 Å².